The summed E-state index contributed by atoms with van der Waals surface area (Å²) in [7, 11) is 1.65. The second kappa shape index (κ2) is 4.37. The van der Waals surface area contributed by atoms with Crippen molar-refractivity contribution in [2.24, 2.45) is 5.73 Å². The lowest BCUT2D eigenvalue weighted by Crippen LogP contribution is -2.10. The molecule has 4 heteroatoms. The number of aromatic nitrogens is 1. The predicted molar refractivity (Wildman–Crippen MR) is 61.2 cm³/mol. The van der Waals surface area contributed by atoms with Crippen LogP contribution in [-0.4, -0.2) is 24.2 Å². The van der Waals surface area contributed by atoms with Gasteiger partial charge in [0.05, 0.1) is 12.2 Å². The number of methoxy groups -OCH3 is 1. The van der Waals surface area contributed by atoms with Crippen LogP contribution in [-0.2, 0) is 11.3 Å². The standard InChI is InChI=1S/C12H13N2O2/c1-16-7-6-14-8-10(12(13)15)9-4-2-3-5-11(9)14/h3-5,8H,6-7H2,1H3,(H2,13,15). The number of benzene rings is 1. The van der Waals surface area contributed by atoms with E-state index in [4.69, 9.17) is 10.5 Å². The molecule has 0 aliphatic carbocycles. The van der Waals surface area contributed by atoms with Gasteiger partial charge in [0, 0.05) is 30.8 Å². The normalized spacial score (nSPS) is 10.8. The van der Waals surface area contributed by atoms with E-state index < -0.39 is 5.91 Å². The molecule has 0 saturated heterocycles. The molecule has 2 rings (SSSR count). The van der Waals surface area contributed by atoms with Crippen LogP contribution >= 0.6 is 0 Å². The van der Waals surface area contributed by atoms with Gasteiger partial charge >= 0.3 is 0 Å². The second-order valence-corrected chi connectivity index (χ2v) is 3.54. The van der Waals surface area contributed by atoms with Crippen LogP contribution in [0.5, 0.6) is 0 Å². The molecule has 0 bridgehead atoms. The van der Waals surface area contributed by atoms with Crippen molar-refractivity contribution in [1.82, 2.24) is 4.57 Å². The largest absolute Gasteiger partial charge is 0.383 e. The fraction of sp³-hybridized carbons (Fsp3) is 0.250. The fourth-order valence-corrected chi connectivity index (χ4v) is 1.75. The molecule has 4 nitrogen and oxygen atoms in total. The van der Waals surface area contributed by atoms with Crippen LogP contribution in [0.1, 0.15) is 10.4 Å². The molecule has 83 valence electrons. The van der Waals surface area contributed by atoms with Crippen molar-refractivity contribution in [2.45, 2.75) is 6.54 Å². The number of hydrogen-bond acceptors (Lipinski definition) is 2. The summed E-state index contributed by atoms with van der Waals surface area (Å²) < 4.78 is 6.98. The Morgan fingerprint density at radius 3 is 3.12 bits per heavy atom. The second-order valence-electron chi connectivity index (χ2n) is 3.54. The number of amides is 1. The molecule has 0 unspecified atom stereocenters. The van der Waals surface area contributed by atoms with E-state index in [-0.39, 0.29) is 0 Å². The molecular formula is C12H13N2O2. The van der Waals surface area contributed by atoms with Crippen molar-refractivity contribution in [3.05, 3.63) is 36.0 Å². The predicted octanol–water partition coefficient (Wildman–Crippen LogP) is 1.19. The number of carbonyl (C=O) groups excluding carboxylic acids is 1. The van der Waals surface area contributed by atoms with Gasteiger partial charge in [0.25, 0.3) is 5.91 Å². The van der Waals surface area contributed by atoms with E-state index in [1.54, 1.807) is 19.4 Å². The van der Waals surface area contributed by atoms with E-state index in [1.807, 2.05) is 16.7 Å². The van der Waals surface area contributed by atoms with E-state index in [2.05, 4.69) is 6.07 Å². The average molecular weight is 217 g/mol. The summed E-state index contributed by atoms with van der Waals surface area (Å²) in [6.07, 6.45) is 1.76. The molecule has 1 amide bonds. The number of ether oxygens (including phenoxy) is 1. The highest BCUT2D eigenvalue weighted by Crippen LogP contribution is 2.20. The minimum Gasteiger partial charge on any atom is -0.383 e. The van der Waals surface area contributed by atoms with Gasteiger partial charge < -0.3 is 15.0 Å². The highest BCUT2D eigenvalue weighted by molar-refractivity contribution is 6.06. The van der Waals surface area contributed by atoms with E-state index in [9.17, 15) is 4.79 Å². The molecule has 1 aromatic heterocycles. The van der Waals surface area contributed by atoms with Crippen molar-refractivity contribution in [2.75, 3.05) is 13.7 Å². The van der Waals surface area contributed by atoms with E-state index in [1.165, 1.54) is 0 Å². The zero-order valence-electron chi connectivity index (χ0n) is 9.06. The quantitative estimate of drug-likeness (QED) is 0.836. The number of fused-ring (bicyclic) bond motifs is 1. The first-order valence-corrected chi connectivity index (χ1v) is 5.01. The summed E-state index contributed by atoms with van der Waals surface area (Å²) >= 11 is 0. The van der Waals surface area contributed by atoms with Gasteiger partial charge in [0.1, 0.15) is 0 Å². The molecule has 1 aromatic carbocycles. The first kappa shape index (κ1) is 10.7. The summed E-state index contributed by atoms with van der Waals surface area (Å²) in [4.78, 5) is 11.3. The van der Waals surface area contributed by atoms with Crippen LogP contribution in [0.25, 0.3) is 10.9 Å². The highest BCUT2D eigenvalue weighted by Gasteiger charge is 2.11. The molecular weight excluding hydrogens is 204 g/mol. The van der Waals surface area contributed by atoms with Crippen molar-refractivity contribution in [1.29, 1.82) is 0 Å². The molecule has 0 aliphatic rings. The Kier molecular flexibility index (Phi) is 2.92. The zero-order chi connectivity index (χ0) is 11.5. The zero-order valence-corrected chi connectivity index (χ0v) is 9.06. The Bertz CT molecular complexity index is 517. The molecule has 1 radical (unpaired) electrons. The van der Waals surface area contributed by atoms with Crippen molar-refractivity contribution in [3.63, 3.8) is 0 Å². The van der Waals surface area contributed by atoms with Gasteiger partial charge in [0.15, 0.2) is 0 Å². The lowest BCUT2D eigenvalue weighted by atomic mass is 10.2. The number of nitrogens with zero attached hydrogens (tertiary/aromatic N) is 1. The van der Waals surface area contributed by atoms with Crippen molar-refractivity contribution < 1.29 is 9.53 Å². The van der Waals surface area contributed by atoms with Crippen LogP contribution in [0.4, 0.5) is 0 Å². The molecule has 0 atom stereocenters. The van der Waals surface area contributed by atoms with Gasteiger partial charge in [-0.3, -0.25) is 4.79 Å². The number of carbonyl (C=O) groups is 1. The Balaban J connectivity index is 2.53. The molecule has 0 saturated carbocycles. The van der Waals surface area contributed by atoms with Crippen LogP contribution in [0, 0.1) is 6.07 Å². The third-order valence-corrected chi connectivity index (χ3v) is 2.53. The number of nitrogens with two attached hydrogens (primary N) is 1. The molecule has 0 aliphatic heterocycles. The monoisotopic (exact) mass is 217 g/mol. The summed E-state index contributed by atoms with van der Waals surface area (Å²) in [6, 6.07) is 8.45. The van der Waals surface area contributed by atoms with Crippen molar-refractivity contribution >= 4 is 16.8 Å². The minimum absolute atomic E-state index is 0.416. The highest BCUT2D eigenvalue weighted by atomic mass is 16.5. The minimum atomic E-state index is -0.416. The van der Waals surface area contributed by atoms with E-state index in [0.717, 1.165) is 10.9 Å². The topological polar surface area (TPSA) is 57.2 Å². The van der Waals surface area contributed by atoms with Crippen molar-refractivity contribution in [3.8, 4) is 0 Å². The SMILES string of the molecule is COCCn1cc(C(N)=O)c2c[c]ccc21. The van der Waals surface area contributed by atoms with Crippen LogP contribution < -0.4 is 5.73 Å². The number of hydrogen-bond donors (Lipinski definition) is 1. The molecule has 2 aromatic rings. The third kappa shape index (κ3) is 1.79. The van der Waals surface area contributed by atoms with Gasteiger partial charge in [0.2, 0.25) is 0 Å². The molecule has 2 N–H and O–H groups in total. The first-order valence-electron chi connectivity index (χ1n) is 5.01. The van der Waals surface area contributed by atoms with Gasteiger partial charge in [-0.25, -0.2) is 0 Å². The lowest BCUT2D eigenvalue weighted by molar-refractivity contribution is 0.100. The van der Waals surface area contributed by atoms with E-state index in [0.29, 0.717) is 18.7 Å². The van der Waals surface area contributed by atoms with Crippen LogP contribution in [0.2, 0.25) is 0 Å². The Morgan fingerprint density at radius 1 is 1.62 bits per heavy atom. The number of primary amides is 1. The summed E-state index contributed by atoms with van der Waals surface area (Å²) in [6.45, 7) is 1.30. The number of rotatable bonds is 4. The Hall–Kier alpha value is -1.81. The fourth-order valence-electron chi connectivity index (χ4n) is 1.75. The van der Waals surface area contributed by atoms with Gasteiger partial charge in [-0.1, -0.05) is 6.07 Å². The Morgan fingerprint density at radius 2 is 2.44 bits per heavy atom. The summed E-state index contributed by atoms with van der Waals surface area (Å²) in [5.41, 5.74) is 6.83. The van der Waals surface area contributed by atoms with Gasteiger partial charge in [-0.2, -0.15) is 0 Å². The molecule has 1 heterocycles. The maximum absolute atomic E-state index is 11.3. The summed E-state index contributed by atoms with van der Waals surface area (Å²) in [5.74, 6) is -0.416. The van der Waals surface area contributed by atoms with Gasteiger partial charge in [-0.05, 0) is 18.2 Å². The van der Waals surface area contributed by atoms with Crippen LogP contribution in [0.3, 0.4) is 0 Å². The molecule has 16 heavy (non-hydrogen) atoms. The van der Waals surface area contributed by atoms with E-state index >= 15 is 0 Å². The molecule has 0 fully saturated rings. The maximum atomic E-state index is 11.3. The smallest absolute Gasteiger partial charge is 0.250 e. The average Bonchev–Trinajstić information content (AvgIpc) is 2.65. The Labute approximate surface area is 93.6 Å². The maximum Gasteiger partial charge on any atom is 0.250 e. The third-order valence-electron chi connectivity index (χ3n) is 2.53. The first-order chi connectivity index (χ1) is 7.74. The lowest BCUT2D eigenvalue weighted by Gasteiger charge is -2.03. The van der Waals surface area contributed by atoms with Gasteiger partial charge in [-0.15, -0.1) is 0 Å². The molecule has 0 spiro atoms. The van der Waals surface area contributed by atoms with Crippen LogP contribution in [0.15, 0.2) is 24.4 Å². The summed E-state index contributed by atoms with van der Waals surface area (Å²) in [5, 5.41) is 0.839.